The summed E-state index contributed by atoms with van der Waals surface area (Å²) in [6.45, 7) is 2.51. The van der Waals surface area contributed by atoms with Crippen LogP contribution >= 0.6 is 0 Å². The first-order valence-corrected chi connectivity index (χ1v) is 9.66. The van der Waals surface area contributed by atoms with Crippen molar-refractivity contribution >= 4 is 15.9 Å². The zero-order chi connectivity index (χ0) is 17.9. The number of piperidine rings is 1. The molecule has 0 spiro atoms. The number of carbonyl (C=O) groups excluding carboxylic acids is 1. The van der Waals surface area contributed by atoms with Gasteiger partial charge in [-0.25, -0.2) is 8.42 Å². The van der Waals surface area contributed by atoms with E-state index >= 15 is 0 Å². The lowest BCUT2D eigenvalue weighted by Crippen LogP contribution is -2.43. The van der Waals surface area contributed by atoms with E-state index in [1.165, 1.54) is 22.8 Å². The molecule has 1 atom stereocenters. The highest BCUT2D eigenvalue weighted by molar-refractivity contribution is 7.89. The van der Waals surface area contributed by atoms with E-state index in [-0.39, 0.29) is 22.8 Å². The lowest BCUT2D eigenvalue weighted by atomic mass is 9.97. The maximum absolute atomic E-state index is 12.6. The Morgan fingerprint density at radius 3 is 2.68 bits per heavy atom. The van der Waals surface area contributed by atoms with Crippen LogP contribution in [0, 0.1) is 5.92 Å². The van der Waals surface area contributed by atoms with Crippen LogP contribution in [0.15, 0.2) is 52.2 Å². The second-order valence-corrected chi connectivity index (χ2v) is 8.05. The SMILES string of the molecule is C[C@H](NC(=O)C1CCN(S(=O)(=O)c2cccnc2)CC1)c1ccco1. The molecule has 1 aliphatic rings. The topological polar surface area (TPSA) is 92.5 Å². The molecule has 2 aromatic rings. The van der Waals surface area contributed by atoms with Crippen LogP contribution in [0.1, 0.15) is 31.6 Å². The van der Waals surface area contributed by atoms with Gasteiger partial charge >= 0.3 is 0 Å². The lowest BCUT2D eigenvalue weighted by Gasteiger charge is -2.30. The van der Waals surface area contributed by atoms with Crippen molar-refractivity contribution in [1.82, 2.24) is 14.6 Å². The molecule has 1 N–H and O–H groups in total. The number of rotatable bonds is 5. The van der Waals surface area contributed by atoms with Gasteiger partial charge in [-0.3, -0.25) is 9.78 Å². The molecule has 0 bridgehead atoms. The van der Waals surface area contributed by atoms with Crippen molar-refractivity contribution in [3.63, 3.8) is 0 Å². The molecular weight excluding hydrogens is 342 g/mol. The van der Waals surface area contributed by atoms with Gasteiger partial charge in [0.25, 0.3) is 0 Å². The summed E-state index contributed by atoms with van der Waals surface area (Å²) in [5.74, 6) is 0.435. The first-order chi connectivity index (χ1) is 12.0. The Kier molecular flexibility index (Phi) is 5.19. The molecule has 7 nitrogen and oxygen atoms in total. The molecule has 0 aliphatic carbocycles. The maximum Gasteiger partial charge on any atom is 0.244 e. The van der Waals surface area contributed by atoms with E-state index in [0.717, 1.165) is 0 Å². The third kappa shape index (κ3) is 3.91. The molecule has 8 heteroatoms. The normalized spacial score (nSPS) is 18.0. The van der Waals surface area contributed by atoms with Crippen molar-refractivity contribution in [1.29, 1.82) is 0 Å². The number of pyridine rings is 1. The predicted molar refractivity (Wildman–Crippen MR) is 91.0 cm³/mol. The summed E-state index contributed by atoms with van der Waals surface area (Å²) in [5.41, 5.74) is 0. The van der Waals surface area contributed by atoms with Crippen LogP contribution in [0.3, 0.4) is 0 Å². The highest BCUT2D eigenvalue weighted by atomic mass is 32.2. The van der Waals surface area contributed by atoms with E-state index in [1.54, 1.807) is 18.4 Å². The highest BCUT2D eigenvalue weighted by Gasteiger charge is 2.32. The molecule has 2 aromatic heterocycles. The van der Waals surface area contributed by atoms with E-state index in [0.29, 0.717) is 31.7 Å². The van der Waals surface area contributed by atoms with Gasteiger partial charge in [0.1, 0.15) is 10.7 Å². The van der Waals surface area contributed by atoms with Gasteiger partial charge in [-0.05, 0) is 44.0 Å². The molecule has 3 heterocycles. The summed E-state index contributed by atoms with van der Waals surface area (Å²) in [4.78, 5) is 16.5. The number of furan rings is 1. The molecule has 0 unspecified atom stereocenters. The van der Waals surface area contributed by atoms with Crippen LogP contribution in [-0.2, 0) is 14.8 Å². The van der Waals surface area contributed by atoms with Crippen LogP contribution < -0.4 is 5.32 Å². The fourth-order valence-corrected chi connectivity index (χ4v) is 4.38. The summed E-state index contributed by atoms with van der Waals surface area (Å²) in [6.07, 6.45) is 5.45. The van der Waals surface area contributed by atoms with Crippen molar-refractivity contribution in [2.75, 3.05) is 13.1 Å². The van der Waals surface area contributed by atoms with E-state index in [2.05, 4.69) is 10.3 Å². The first kappa shape index (κ1) is 17.6. The molecule has 0 radical (unpaired) electrons. The summed E-state index contributed by atoms with van der Waals surface area (Å²) in [7, 11) is -3.55. The van der Waals surface area contributed by atoms with Crippen LogP contribution in [-0.4, -0.2) is 36.7 Å². The molecule has 1 amide bonds. The lowest BCUT2D eigenvalue weighted by molar-refractivity contribution is -0.126. The number of hydrogen-bond acceptors (Lipinski definition) is 5. The van der Waals surface area contributed by atoms with Crippen molar-refractivity contribution in [3.8, 4) is 0 Å². The minimum absolute atomic E-state index is 0.0673. The van der Waals surface area contributed by atoms with Crippen LogP contribution in [0.5, 0.6) is 0 Å². The number of hydrogen-bond donors (Lipinski definition) is 1. The molecule has 25 heavy (non-hydrogen) atoms. The highest BCUT2D eigenvalue weighted by Crippen LogP contribution is 2.24. The number of aromatic nitrogens is 1. The smallest absolute Gasteiger partial charge is 0.244 e. The van der Waals surface area contributed by atoms with Gasteiger partial charge in [0.2, 0.25) is 15.9 Å². The summed E-state index contributed by atoms with van der Waals surface area (Å²) >= 11 is 0. The first-order valence-electron chi connectivity index (χ1n) is 8.22. The van der Waals surface area contributed by atoms with E-state index in [4.69, 9.17) is 4.42 Å². The van der Waals surface area contributed by atoms with E-state index in [9.17, 15) is 13.2 Å². The number of sulfonamides is 1. The van der Waals surface area contributed by atoms with Crippen molar-refractivity contribution < 1.29 is 17.6 Å². The Morgan fingerprint density at radius 2 is 2.08 bits per heavy atom. The quantitative estimate of drug-likeness (QED) is 0.876. The van der Waals surface area contributed by atoms with Gasteiger partial charge in [-0.1, -0.05) is 0 Å². The van der Waals surface area contributed by atoms with Gasteiger partial charge < -0.3 is 9.73 Å². The average molecular weight is 363 g/mol. The monoisotopic (exact) mass is 363 g/mol. The number of nitrogens with one attached hydrogen (secondary N) is 1. The van der Waals surface area contributed by atoms with Crippen molar-refractivity contribution in [3.05, 3.63) is 48.7 Å². The second-order valence-electron chi connectivity index (χ2n) is 6.11. The van der Waals surface area contributed by atoms with Crippen LogP contribution in [0.4, 0.5) is 0 Å². The van der Waals surface area contributed by atoms with Gasteiger partial charge in [-0.15, -0.1) is 0 Å². The molecule has 1 fully saturated rings. The fourth-order valence-electron chi connectivity index (χ4n) is 2.95. The third-order valence-electron chi connectivity index (χ3n) is 4.43. The zero-order valence-electron chi connectivity index (χ0n) is 14.0. The van der Waals surface area contributed by atoms with Gasteiger partial charge in [0.15, 0.2) is 0 Å². The summed E-state index contributed by atoms with van der Waals surface area (Å²) in [5, 5.41) is 2.93. The number of amides is 1. The van der Waals surface area contributed by atoms with Crippen molar-refractivity contribution in [2.24, 2.45) is 5.92 Å². The minimum atomic E-state index is -3.55. The summed E-state index contributed by atoms with van der Waals surface area (Å²) in [6, 6.07) is 6.52. The van der Waals surface area contributed by atoms with Gasteiger partial charge in [-0.2, -0.15) is 4.31 Å². The predicted octanol–water partition coefficient (Wildman–Crippen LogP) is 1.95. The Bertz CT molecular complexity index is 798. The van der Waals surface area contributed by atoms with Gasteiger partial charge in [0.05, 0.1) is 12.3 Å². The maximum atomic E-state index is 12.6. The standard InChI is InChI=1S/C17H21N3O4S/c1-13(16-5-3-11-24-16)19-17(21)14-6-9-20(10-7-14)25(22,23)15-4-2-8-18-12-15/h2-5,8,11-14H,6-7,9-10H2,1H3,(H,19,21)/t13-/m0/s1. The Hall–Kier alpha value is -2.19. The van der Waals surface area contributed by atoms with E-state index in [1.807, 2.05) is 13.0 Å². The minimum Gasteiger partial charge on any atom is -0.467 e. The Labute approximate surface area is 147 Å². The Balaban J connectivity index is 1.57. The second kappa shape index (κ2) is 7.37. The molecule has 3 rings (SSSR count). The molecule has 1 aliphatic heterocycles. The molecule has 0 saturated carbocycles. The fraction of sp³-hybridized carbons (Fsp3) is 0.412. The average Bonchev–Trinajstić information content (AvgIpc) is 3.17. The van der Waals surface area contributed by atoms with E-state index < -0.39 is 10.0 Å². The number of carbonyl (C=O) groups is 1. The zero-order valence-corrected chi connectivity index (χ0v) is 14.8. The molecule has 134 valence electrons. The largest absolute Gasteiger partial charge is 0.467 e. The molecule has 0 aromatic carbocycles. The summed E-state index contributed by atoms with van der Waals surface area (Å²) < 4.78 is 31.8. The molecule has 1 saturated heterocycles. The van der Waals surface area contributed by atoms with Crippen molar-refractivity contribution in [2.45, 2.75) is 30.7 Å². The number of nitrogens with zero attached hydrogens (tertiary/aromatic N) is 2. The Morgan fingerprint density at radius 1 is 1.32 bits per heavy atom. The third-order valence-corrected chi connectivity index (χ3v) is 6.31. The molecular formula is C17H21N3O4S. The van der Waals surface area contributed by atoms with Crippen LogP contribution in [0.2, 0.25) is 0 Å². The van der Waals surface area contributed by atoms with Crippen LogP contribution in [0.25, 0.3) is 0 Å². The van der Waals surface area contributed by atoms with Gasteiger partial charge in [0, 0.05) is 31.4 Å².